The molecule has 0 heterocycles. The van der Waals surface area contributed by atoms with Gasteiger partial charge in [-0.2, -0.15) is 0 Å². The molecule has 118 valence electrons. The van der Waals surface area contributed by atoms with Crippen molar-refractivity contribution in [2.75, 3.05) is 0 Å². The van der Waals surface area contributed by atoms with Crippen molar-refractivity contribution >= 4 is 41.1 Å². The Morgan fingerprint density at radius 1 is 1.00 bits per heavy atom. The Kier molecular flexibility index (Phi) is 5.79. The predicted octanol–water partition coefficient (Wildman–Crippen LogP) is 3.78. The van der Waals surface area contributed by atoms with Crippen molar-refractivity contribution in [1.82, 2.24) is 10.9 Å². The Labute approximate surface area is 144 Å². The van der Waals surface area contributed by atoms with E-state index in [1.165, 1.54) is 18.2 Å². The fourth-order valence-corrected chi connectivity index (χ4v) is 2.12. The molecule has 0 aliphatic heterocycles. The van der Waals surface area contributed by atoms with Gasteiger partial charge in [-0.15, -0.1) is 0 Å². The van der Waals surface area contributed by atoms with E-state index in [1.807, 2.05) is 31.2 Å². The Bertz CT molecular complexity index is 756. The number of carbonyl (C=O) groups excluding carboxylic acids is 2. The number of halogens is 2. The van der Waals surface area contributed by atoms with Gasteiger partial charge in [0.15, 0.2) is 0 Å². The molecular weight excluding hydrogens is 335 g/mol. The third kappa shape index (κ3) is 5.13. The summed E-state index contributed by atoms with van der Waals surface area (Å²) in [6.07, 6.45) is 2.97. The molecule has 4 nitrogen and oxygen atoms in total. The molecule has 23 heavy (non-hydrogen) atoms. The maximum atomic E-state index is 11.9. The maximum Gasteiger partial charge on any atom is 0.271 e. The second-order valence-electron chi connectivity index (χ2n) is 4.81. The smallest absolute Gasteiger partial charge is 0.268 e. The van der Waals surface area contributed by atoms with E-state index in [0.717, 1.165) is 11.1 Å². The fourth-order valence-electron chi connectivity index (χ4n) is 1.75. The van der Waals surface area contributed by atoms with Crippen LogP contribution in [0.5, 0.6) is 0 Å². The van der Waals surface area contributed by atoms with E-state index in [4.69, 9.17) is 23.2 Å². The summed E-state index contributed by atoms with van der Waals surface area (Å²) >= 11 is 11.7. The van der Waals surface area contributed by atoms with Crippen LogP contribution in [0.3, 0.4) is 0 Å². The molecule has 0 saturated carbocycles. The highest BCUT2D eigenvalue weighted by Gasteiger charge is 2.11. The van der Waals surface area contributed by atoms with Crippen LogP contribution in [-0.4, -0.2) is 11.8 Å². The molecule has 0 aliphatic carbocycles. The first-order valence-electron chi connectivity index (χ1n) is 6.76. The molecule has 6 heteroatoms. The van der Waals surface area contributed by atoms with Crippen LogP contribution in [0.1, 0.15) is 21.5 Å². The summed E-state index contributed by atoms with van der Waals surface area (Å²) in [5, 5.41) is 0.626. The monoisotopic (exact) mass is 348 g/mol. The van der Waals surface area contributed by atoms with Gasteiger partial charge in [-0.3, -0.25) is 20.4 Å². The molecule has 0 aliphatic rings. The van der Waals surface area contributed by atoms with E-state index >= 15 is 0 Å². The zero-order valence-corrected chi connectivity index (χ0v) is 13.8. The van der Waals surface area contributed by atoms with Gasteiger partial charge < -0.3 is 0 Å². The number of nitrogens with one attached hydrogen (secondary N) is 2. The molecule has 2 rings (SSSR count). The van der Waals surface area contributed by atoms with Gasteiger partial charge in [0.25, 0.3) is 11.8 Å². The van der Waals surface area contributed by atoms with Crippen molar-refractivity contribution in [3.63, 3.8) is 0 Å². The van der Waals surface area contributed by atoms with Gasteiger partial charge >= 0.3 is 0 Å². The van der Waals surface area contributed by atoms with Crippen molar-refractivity contribution in [2.24, 2.45) is 0 Å². The van der Waals surface area contributed by atoms with E-state index in [-0.39, 0.29) is 10.6 Å². The van der Waals surface area contributed by atoms with E-state index in [9.17, 15) is 9.59 Å². The summed E-state index contributed by atoms with van der Waals surface area (Å²) in [6.45, 7) is 1.98. The van der Waals surface area contributed by atoms with Crippen molar-refractivity contribution in [2.45, 2.75) is 6.92 Å². The quantitative estimate of drug-likeness (QED) is 0.655. The SMILES string of the molecule is Cc1ccc(/C=C/C(=O)NNC(=O)c2cc(Cl)ccc2Cl)cc1. The first kappa shape index (κ1) is 17.1. The summed E-state index contributed by atoms with van der Waals surface area (Å²) in [6, 6.07) is 12.2. The predicted molar refractivity (Wildman–Crippen MR) is 92.3 cm³/mol. The lowest BCUT2D eigenvalue weighted by molar-refractivity contribution is -0.117. The number of hydrogen-bond acceptors (Lipinski definition) is 2. The molecule has 0 atom stereocenters. The van der Waals surface area contributed by atoms with E-state index in [0.29, 0.717) is 5.02 Å². The van der Waals surface area contributed by atoms with Crippen LogP contribution in [0.25, 0.3) is 6.08 Å². The molecule has 2 amide bonds. The van der Waals surface area contributed by atoms with Crippen LogP contribution >= 0.6 is 23.2 Å². The standard InChI is InChI=1S/C17H14Cl2N2O2/c1-11-2-4-12(5-3-11)6-9-16(22)20-21-17(23)14-10-13(18)7-8-15(14)19/h2-10H,1H3,(H,20,22)(H,21,23)/b9-6+. The van der Waals surface area contributed by atoms with Gasteiger partial charge in [0.2, 0.25) is 0 Å². The summed E-state index contributed by atoms with van der Waals surface area (Å²) < 4.78 is 0. The molecule has 0 fully saturated rings. The Balaban J connectivity index is 1.92. The van der Waals surface area contributed by atoms with Gasteiger partial charge in [-0.1, -0.05) is 53.0 Å². The topological polar surface area (TPSA) is 58.2 Å². The molecule has 0 aromatic heterocycles. The fraction of sp³-hybridized carbons (Fsp3) is 0.0588. The highest BCUT2D eigenvalue weighted by molar-refractivity contribution is 6.35. The van der Waals surface area contributed by atoms with Crippen LogP contribution in [0.15, 0.2) is 48.5 Å². The van der Waals surface area contributed by atoms with E-state index in [2.05, 4.69) is 10.9 Å². The lowest BCUT2D eigenvalue weighted by Gasteiger charge is -2.07. The number of hydrazine groups is 1. The van der Waals surface area contributed by atoms with Crippen molar-refractivity contribution in [3.05, 3.63) is 75.3 Å². The van der Waals surface area contributed by atoms with Crippen LogP contribution in [0, 0.1) is 6.92 Å². The average molecular weight is 349 g/mol. The molecule has 2 N–H and O–H groups in total. The zero-order valence-electron chi connectivity index (χ0n) is 12.3. The minimum Gasteiger partial charge on any atom is -0.268 e. The number of rotatable bonds is 3. The average Bonchev–Trinajstić information content (AvgIpc) is 2.54. The second-order valence-corrected chi connectivity index (χ2v) is 5.66. The number of carbonyl (C=O) groups is 2. The van der Waals surface area contributed by atoms with Crippen molar-refractivity contribution in [3.8, 4) is 0 Å². The molecule has 0 radical (unpaired) electrons. The molecular formula is C17H14Cl2N2O2. The lowest BCUT2D eigenvalue weighted by Crippen LogP contribution is -2.40. The van der Waals surface area contributed by atoms with Crippen LogP contribution in [0.4, 0.5) is 0 Å². The van der Waals surface area contributed by atoms with E-state index in [1.54, 1.807) is 12.1 Å². The number of aryl methyl sites for hydroxylation is 1. The summed E-state index contributed by atoms with van der Waals surface area (Å²) in [7, 11) is 0. The van der Waals surface area contributed by atoms with Gasteiger partial charge in [-0.05, 0) is 36.8 Å². The third-order valence-electron chi connectivity index (χ3n) is 2.98. The van der Waals surface area contributed by atoms with Gasteiger partial charge in [0, 0.05) is 11.1 Å². The Morgan fingerprint density at radius 3 is 2.39 bits per heavy atom. The normalized spacial score (nSPS) is 10.6. The second kappa shape index (κ2) is 7.81. The minimum atomic E-state index is -0.547. The molecule has 0 spiro atoms. The molecule has 0 bridgehead atoms. The first-order valence-corrected chi connectivity index (χ1v) is 7.51. The van der Waals surface area contributed by atoms with Gasteiger partial charge in [-0.25, -0.2) is 0 Å². The summed E-state index contributed by atoms with van der Waals surface area (Å²) in [4.78, 5) is 23.6. The number of benzene rings is 2. The first-order chi connectivity index (χ1) is 11.0. The van der Waals surface area contributed by atoms with Gasteiger partial charge in [0.05, 0.1) is 10.6 Å². The molecule has 0 unspecified atom stereocenters. The van der Waals surface area contributed by atoms with Crippen LogP contribution in [-0.2, 0) is 4.79 Å². The maximum absolute atomic E-state index is 11.9. The molecule has 2 aromatic carbocycles. The number of hydrogen-bond donors (Lipinski definition) is 2. The largest absolute Gasteiger partial charge is 0.271 e. The van der Waals surface area contributed by atoms with Crippen molar-refractivity contribution in [1.29, 1.82) is 0 Å². The highest BCUT2D eigenvalue weighted by Crippen LogP contribution is 2.20. The van der Waals surface area contributed by atoms with Crippen molar-refractivity contribution < 1.29 is 9.59 Å². The van der Waals surface area contributed by atoms with Gasteiger partial charge in [0.1, 0.15) is 0 Å². The molecule has 2 aromatic rings. The molecule has 0 saturated heterocycles. The van der Waals surface area contributed by atoms with E-state index < -0.39 is 11.8 Å². The minimum absolute atomic E-state index is 0.182. The Morgan fingerprint density at radius 2 is 1.70 bits per heavy atom. The number of amides is 2. The highest BCUT2D eigenvalue weighted by atomic mass is 35.5. The Hall–Kier alpha value is -2.30. The summed E-state index contributed by atoms with van der Waals surface area (Å²) in [5.74, 6) is -1.01. The zero-order chi connectivity index (χ0) is 16.8. The van der Waals surface area contributed by atoms with Crippen LogP contribution < -0.4 is 10.9 Å². The van der Waals surface area contributed by atoms with Crippen LogP contribution in [0.2, 0.25) is 10.0 Å². The summed E-state index contributed by atoms with van der Waals surface area (Å²) in [5.41, 5.74) is 6.76. The lowest BCUT2D eigenvalue weighted by atomic mass is 10.1. The third-order valence-corrected chi connectivity index (χ3v) is 3.54.